The molecule has 0 atom stereocenters. The summed E-state index contributed by atoms with van der Waals surface area (Å²) in [5.41, 5.74) is 8.42. The van der Waals surface area contributed by atoms with Gasteiger partial charge in [-0.15, -0.1) is 5.10 Å². The quantitative estimate of drug-likeness (QED) is 0.809. The summed E-state index contributed by atoms with van der Waals surface area (Å²) in [5, 5.41) is 7.29. The van der Waals surface area contributed by atoms with Crippen molar-refractivity contribution in [1.82, 2.24) is 15.0 Å². The Morgan fingerprint density at radius 3 is 2.50 bits per heavy atom. The minimum absolute atomic E-state index is 0.0358. The molecule has 2 rings (SSSR count). The van der Waals surface area contributed by atoms with Crippen LogP contribution in [0.2, 0.25) is 0 Å². The summed E-state index contributed by atoms with van der Waals surface area (Å²) >= 11 is 3.08. The topological polar surface area (TPSA) is 103 Å². The number of sulfonamides is 1. The van der Waals surface area contributed by atoms with Crippen molar-refractivity contribution in [3.63, 3.8) is 0 Å². The van der Waals surface area contributed by atoms with Gasteiger partial charge in [0.1, 0.15) is 0 Å². The highest BCUT2D eigenvalue weighted by molar-refractivity contribution is 9.10. The highest BCUT2D eigenvalue weighted by Crippen LogP contribution is 2.26. The first-order valence-electron chi connectivity index (χ1n) is 5.67. The minimum atomic E-state index is -3.78. The van der Waals surface area contributed by atoms with Gasteiger partial charge in [-0.05, 0) is 53.0 Å². The normalized spacial score (nSPS) is 11.6. The number of benzene rings is 1. The lowest BCUT2D eigenvalue weighted by Crippen LogP contribution is -2.18. The molecule has 0 radical (unpaired) electrons. The number of hydrogen-bond donors (Lipinski definition) is 2. The van der Waals surface area contributed by atoms with Gasteiger partial charge >= 0.3 is 0 Å². The number of nitrogens with one attached hydrogen (secondary N) is 1. The molecule has 0 unspecified atom stereocenters. The molecule has 0 spiro atoms. The van der Waals surface area contributed by atoms with Gasteiger partial charge in [-0.1, -0.05) is 5.21 Å². The van der Waals surface area contributed by atoms with E-state index >= 15 is 0 Å². The van der Waals surface area contributed by atoms with E-state index in [4.69, 9.17) is 5.73 Å². The molecule has 20 heavy (non-hydrogen) atoms. The van der Waals surface area contributed by atoms with Gasteiger partial charge in [-0.3, -0.25) is 4.72 Å². The summed E-state index contributed by atoms with van der Waals surface area (Å²) in [6.07, 6.45) is 0. The Balaban J connectivity index is 2.47. The fourth-order valence-corrected chi connectivity index (χ4v) is 3.97. The van der Waals surface area contributed by atoms with Crippen molar-refractivity contribution >= 4 is 37.3 Å². The monoisotopic (exact) mass is 359 g/mol. The van der Waals surface area contributed by atoms with Crippen molar-refractivity contribution < 1.29 is 8.42 Å². The Kier molecular flexibility index (Phi) is 3.74. The number of rotatable bonds is 3. The van der Waals surface area contributed by atoms with Crippen LogP contribution in [0.25, 0.3) is 0 Å². The van der Waals surface area contributed by atoms with Gasteiger partial charge in [0, 0.05) is 12.7 Å². The van der Waals surface area contributed by atoms with E-state index in [-0.39, 0.29) is 9.63 Å². The van der Waals surface area contributed by atoms with Gasteiger partial charge in [0.15, 0.2) is 4.60 Å². The van der Waals surface area contributed by atoms with E-state index in [1.807, 2.05) is 6.92 Å². The van der Waals surface area contributed by atoms with Crippen LogP contribution in [0, 0.1) is 13.8 Å². The molecule has 3 N–H and O–H groups in total. The van der Waals surface area contributed by atoms with Crippen molar-refractivity contribution in [1.29, 1.82) is 0 Å². The zero-order chi connectivity index (χ0) is 15.1. The maximum Gasteiger partial charge on any atom is 0.281 e. The summed E-state index contributed by atoms with van der Waals surface area (Å²) in [7, 11) is -2.28. The predicted octanol–water partition coefficient (Wildman–Crippen LogP) is 1.58. The van der Waals surface area contributed by atoms with Gasteiger partial charge < -0.3 is 5.73 Å². The lowest BCUT2D eigenvalue weighted by atomic mass is 10.1. The van der Waals surface area contributed by atoms with Gasteiger partial charge in [0.05, 0.1) is 5.69 Å². The van der Waals surface area contributed by atoms with Crippen LogP contribution in [0.5, 0.6) is 0 Å². The average Bonchev–Trinajstić information content (AvgIpc) is 2.66. The fraction of sp³-hybridized carbons (Fsp3) is 0.273. The van der Waals surface area contributed by atoms with E-state index in [2.05, 4.69) is 31.0 Å². The van der Waals surface area contributed by atoms with Crippen molar-refractivity contribution in [3.05, 3.63) is 27.9 Å². The van der Waals surface area contributed by atoms with Crippen molar-refractivity contribution in [3.8, 4) is 0 Å². The van der Waals surface area contributed by atoms with E-state index in [9.17, 15) is 8.42 Å². The molecule has 2 aromatic rings. The Morgan fingerprint density at radius 2 is 1.95 bits per heavy atom. The van der Waals surface area contributed by atoms with Gasteiger partial charge in [-0.2, -0.15) is 8.42 Å². The summed E-state index contributed by atoms with van der Waals surface area (Å²) in [5.74, 6) is 0. The van der Waals surface area contributed by atoms with Crippen LogP contribution in [0.3, 0.4) is 0 Å². The molecule has 0 aliphatic heterocycles. The SMILES string of the molecule is Cc1cc(NS(=O)(=O)c2c(Br)nnn2C)c(C)cc1N. The third-order valence-electron chi connectivity index (χ3n) is 2.85. The molecule has 1 aromatic carbocycles. The second kappa shape index (κ2) is 5.06. The number of nitrogens with zero attached hydrogens (tertiary/aromatic N) is 3. The van der Waals surface area contributed by atoms with E-state index in [1.54, 1.807) is 19.1 Å². The van der Waals surface area contributed by atoms with E-state index in [0.29, 0.717) is 11.4 Å². The van der Waals surface area contributed by atoms with Crippen LogP contribution in [-0.2, 0) is 17.1 Å². The Labute approximate surface area is 125 Å². The lowest BCUT2D eigenvalue weighted by molar-refractivity contribution is 0.578. The molecule has 0 aliphatic carbocycles. The second-order valence-corrected chi connectivity index (χ2v) is 6.79. The average molecular weight is 360 g/mol. The molecule has 7 nitrogen and oxygen atoms in total. The summed E-state index contributed by atoms with van der Waals surface area (Å²) in [4.78, 5) is 0. The molecule has 0 bridgehead atoms. The second-order valence-electron chi connectivity index (χ2n) is 4.44. The van der Waals surface area contributed by atoms with E-state index < -0.39 is 10.0 Å². The number of halogens is 1. The molecular weight excluding hydrogens is 346 g/mol. The van der Waals surface area contributed by atoms with Crippen LogP contribution in [-0.4, -0.2) is 23.4 Å². The largest absolute Gasteiger partial charge is 0.399 e. The summed E-state index contributed by atoms with van der Waals surface area (Å²) < 4.78 is 28.6. The minimum Gasteiger partial charge on any atom is -0.399 e. The molecule has 1 aromatic heterocycles. The number of nitrogens with two attached hydrogens (primary N) is 1. The molecule has 0 amide bonds. The molecule has 0 saturated carbocycles. The van der Waals surface area contributed by atoms with E-state index in [1.165, 1.54) is 11.7 Å². The highest BCUT2D eigenvalue weighted by atomic mass is 79.9. The smallest absolute Gasteiger partial charge is 0.281 e. The van der Waals surface area contributed by atoms with Crippen LogP contribution in [0.15, 0.2) is 21.8 Å². The lowest BCUT2D eigenvalue weighted by Gasteiger charge is -2.12. The van der Waals surface area contributed by atoms with Crippen LogP contribution in [0.1, 0.15) is 11.1 Å². The first-order valence-corrected chi connectivity index (χ1v) is 7.94. The van der Waals surface area contributed by atoms with Crippen molar-refractivity contribution in [2.24, 2.45) is 7.05 Å². The van der Waals surface area contributed by atoms with Crippen LogP contribution >= 0.6 is 15.9 Å². The Morgan fingerprint density at radius 1 is 1.30 bits per heavy atom. The zero-order valence-corrected chi connectivity index (χ0v) is 13.6. The highest BCUT2D eigenvalue weighted by Gasteiger charge is 2.24. The van der Waals surface area contributed by atoms with Crippen LogP contribution in [0.4, 0.5) is 11.4 Å². The molecule has 0 fully saturated rings. The number of hydrogen-bond acceptors (Lipinski definition) is 5. The number of nitrogen functional groups attached to an aromatic ring is 1. The molecule has 1 heterocycles. The maximum absolute atomic E-state index is 12.4. The van der Waals surface area contributed by atoms with Gasteiger partial charge in [0.25, 0.3) is 10.0 Å². The third kappa shape index (κ3) is 2.63. The van der Waals surface area contributed by atoms with Gasteiger partial charge in [0.2, 0.25) is 5.03 Å². The predicted molar refractivity (Wildman–Crippen MR) is 79.8 cm³/mol. The van der Waals surface area contributed by atoms with Crippen molar-refractivity contribution in [2.45, 2.75) is 18.9 Å². The molecule has 0 aliphatic rings. The maximum atomic E-state index is 12.4. The van der Waals surface area contributed by atoms with Gasteiger partial charge in [-0.25, -0.2) is 4.68 Å². The van der Waals surface area contributed by atoms with Crippen molar-refractivity contribution in [2.75, 3.05) is 10.5 Å². The molecule has 0 saturated heterocycles. The molecule has 9 heteroatoms. The summed E-state index contributed by atoms with van der Waals surface area (Å²) in [6, 6.07) is 3.42. The standard InChI is InChI=1S/C11H14BrN5O2S/c1-6-5-9(7(2)4-8(6)13)15-20(18,19)11-10(12)14-16-17(11)3/h4-5,15H,13H2,1-3H3. The van der Waals surface area contributed by atoms with Crippen LogP contribution < -0.4 is 10.5 Å². The third-order valence-corrected chi connectivity index (χ3v) is 5.10. The molecule has 108 valence electrons. The molecular formula is C11H14BrN5O2S. The first kappa shape index (κ1) is 14.8. The first-order chi connectivity index (χ1) is 9.22. The number of aromatic nitrogens is 3. The van der Waals surface area contributed by atoms with E-state index in [0.717, 1.165) is 11.1 Å². The number of aryl methyl sites for hydroxylation is 3. The summed E-state index contributed by atoms with van der Waals surface area (Å²) in [6.45, 7) is 3.60. The number of anilines is 2. The zero-order valence-electron chi connectivity index (χ0n) is 11.2. The Bertz CT molecular complexity index is 750. The Hall–Kier alpha value is -1.61. The fourth-order valence-electron chi connectivity index (χ4n) is 1.75.